The van der Waals surface area contributed by atoms with E-state index in [1.54, 1.807) is 0 Å². The van der Waals surface area contributed by atoms with Gasteiger partial charge in [-0.1, -0.05) is 36.8 Å². The number of urea groups is 1. The molecule has 1 N–H and O–H groups in total. The van der Waals surface area contributed by atoms with E-state index in [0.29, 0.717) is 5.92 Å². The predicted molar refractivity (Wildman–Crippen MR) is 94.9 cm³/mol. The molecule has 3 rings (SSSR count). The molecular weight excluding hydrogens is 302 g/mol. The number of hydrogen-bond acceptors (Lipinski definition) is 3. The Hall–Kier alpha value is -1.59. The molecule has 1 aromatic carbocycles. The van der Waals surface area contributed by atoms with Crippen LogP contribution in [0.2, 0.25) is 0 Å². The van der Waals surface area contributed by atoms with Gasteiger partial charge in [0.2, 0.25) is 0 Å². The van der Waals surface area contributed by atoms with Gasteiger partial charge in [0.1, 0.15) is 0 Å². The Morgan fingerprint density at radius 2 is 2.00 bits per heavy atom. The fraction of sp³-hybridized carbons (Fsp3) is 0.632. The molecule has 2 aliphatic rings. The molecule has 1 aromatic rings. The Bertz CT molecular complexity index is 513. The average Bonchev–Trinajstić information content (AvgIpc) is 2.59. The van der Waals surface area contributed by atoms with Gasteiger partial charge in [0.15, 0.2) is 0 Å². The minimum Gasteiger partial charge on any atom is -0.379 e. The van der Waals surface area contributed by atoms with Gasteiger partial charge in [-0.25, -0.2) is 4.79 Å². The highest BCUT2D eigenvalue weighted by atomic mass is 16.5. The van der Waals surface area contributed by atoms with Gasteiger partial charge >= 0.3 is 6.03 Å². The van der Waals surface area contributed by atoms with E-state index in [1.807, 2.05) is 30.1 Å². The van der Waals surface area contributed by atoms with Gasteiger partial charge in [-0.05, 0) is 24.3 Å². The van der Waals surface area contributed by atoms with Crippen molar-refractivity contribution in [1.82, 2.24) is 15.1 Å². The van der Waals surface area contributed by atoms with Crippen LogP contribution in [0.1, 0.15) is 30.9 Å². The fourth-order valence-corrected chi connectivity index (χ4v) is 3.37. The van der Waals surface area contributed by atoms with Crippen LogP contribution in [0.15, 0.2) is 30.3 Å². The zero-order valence-corrected chi connectivity index (χ0v) is 14.6. The molecule has 1 atom stereocenters. The molecule has 132 valence electrons. The molecule has 1 saturated heterocycles. The summed E-state index contributed by atoms with van der Waals surface area (Å²) in [5.74, 6) is 0.690. The van der Waals surface area contributed by atoms with Gasteiger partial charge < -0.3 is 15.0 Å². The summed E-state index contributed by atoms with van der Waals surface area (Å²) in [6.45, 7) is 5.10. The van der Waals surface area contributed by atoms with Crippen LogP contribution < -0.4 is 5.32 Å². The number of hydrogen-bond donors (Lipinski definition) is 1. The zero-order chi connectivity index (χ0) is 16.8. The van der Waals surface area contributed by atoms with Crippen molar-refractivity contribution in [2.75, 3.05) is 46.4 Å². The van der Waals surface area contributed by atoms with Crippen LogP contribution in [0.3, 0.4) is 0 Å². The molecule has 1 saturated carbocycles. The molecule has 0 unspecified atom stereocenters. The number of nitrogens with one attached hydrogen (secondary N) is 1. The maximum absolute atomic E-state index is 12.6. The predicted octanol–water partition coefficient (Wildman–Crippen LogP) is 2.50. The number of ether oxygens (including phenoxy) is 1. The van der Waals surface area contributed by atoms with E-state index in [2.05, 4.69) is 22.3 Å². The first-order valence-corrected chi connectivity index (χ1v) is 9.09. The second kappa shape index (κ2) is 8.49. The second-order valence-electron chi connectivity index (χ2n) is 7.00. The van der Waals surface area contributed by atoms with E-state index in [1.165, 1.54) is 19.3 Å². The number of amides is 2. The molecule has 1 aliphatic heterocycles. The van der Waals surface area contributed by atoms with Crippen LogP contribution in [0, 0.1) is 5.92 Å². The first-order chi connectivity index (χ1) is 11.7. The Labute approximate surface area is 145 Å². The molecule has 5 nitrogen and oxygen atoms in total. The number of benzene rings is 1. The van der Waals surface area contributed by atoms with Crippen LogP contribution >= 0.6 is 0 Å². The zero-order valence-electron chi connectivity index (χ0n) is 14.6. The monoisotopic (exact) mass is 331 g/mol. The van der Waals surface area contributed by atoms with Crippen molar-refractivity contribution in [3.8, 4) is 0 Å². The lowest BCUT2D eigenvalue weighted by Gasteiger charge is -2.33. The smallest absolute Gasteiger partial charge is 0.317 e. The molecular formula is C19H29N3O2. The van der Waals surface area contributed by atoms with Crippen molar-refractivity contribution in [2.24, 2.45) is 5.92 Å². The van der Waals surface area contributed by atoms with Crippen LogP contribution in [0.5, 0.6) is 0 Å². The Morgan fingerprint density at radius 3 is 2.62 bits per heavy atom. The third-order valence-corrected chi connectivity index (χ3v) is 5.15. The topological polar surface area (TPSA) is 44.8 Å². The van der Waals surface area contributed by atoms with E-state index in [-0.39, 0.29) is 12.1 Å². The highest BCUT2D eigenvalue weighted by molar-refractivity contribution is 5.74. The minimum absolute atomic E-state index is 0.0145. The van der Waals surface area contributed by atoms with Crippen molar-refractivity contribution in [2.45, 2.75) is 25.3 Å². The third-order valence-electron chi connectivity index (χ3n) is 5.15. The lowest BCUT2D eigenvalue weighted by Crippen LogP contribution is -2.47. The van der Waals surface area contributed by atoms with E-state index in [9.17, 15) is 4.79 Å². The Balaban J connectivity index is 1.61. The molecule has 0 bridgehead atoms. The van der Waals surface area contributed by atoms with Crippen molar-refractivity contribution >= 4 is 6.03 Å². The maximum atomic E-state index is 12.6. The second-order valence-corrected chi connectivity index (χ2v) is 7.00. The number of morpholine rings is 1. The molecule has 5 heteroatoms. The average molecular weight is 331 g/mol. The quantitative estimate of drug-likeness (QED) is 0.871. The first kappa shape index (κ1) is 17.2. The number of carbonyl (C=O) groups excluding carboxylic acids is 1. The summed E-state index contributed by atoms with van der Waals surface area (Å²) < 4.78 is 5.43. The molecule has 0 spiro atoms. The van der Waals surface area contributed by atoms with Gasteiger partial charge in [0.05, 0.1) is 19.3 Å². The normalized spacial score (nSPS) is 20.2. The Kier molecular flexibility index (Phi) is 6.10. The molecule has 24 heavy (non-hydrogen) atoms. The van der Waals surface area contributed by atoms with Crippen molar-refractivity contribution in [3.05, 3.63) is 35.9 Å². The van der Waals surface area contributed by atoms with Crippen molar-refractivity contribution in [1.29, 1.82) is 0 Å². The van der Waals surface area contributed by atoms with Gasteiger partial charge in [-0.15, -0.1) is 0 Å². The van der Waals surface area contributed by atoms with Crippen LogP contribution in [0.25, 0.3) is 0 Å². The summed E-state index contributed by atoms with van der Waals surface area (Å²) in [4.78, 5) is 16.8. The summed E-state index contributed by atoms with van der Waals surface area (Å²) in [6, 6.07) is 10.3. The van der Waals surface area contributed by atoms with Crippen molar-refractivity contribution < 1.29 is 9.53 Å². The van der Waals surface area contributed by atoms with Gasteiger partial charge in [-0.3, -0.25) is 4.90 Å². The lowest BCUT2D eigenvalue weighted by atomic mass is 9.85. The molecule has 1 heterocycles. The van der Waals surface area contributed by atoms with Gasteiger partial charge in [0, 0.05) is 33.2 Å². The van der Waals surface area contributed by atoms with Gasteiger partial charge in [0.25, 0.3) is 0 Å². The SMILES string of the molecule is CN(CC1CCC1)C(=O)N[C@H](CN1CCOCC1)c1ccccc1. The standard InChI is InChI=1S/C19H29N3O2/c1-21(14-16-6-5-7-16)19(23)20-18(17-8-3-2-4-9-17)15-22-10-12-24-13-11-22/h2-4,8-9,16,18H,5-7,10-15H2,1H3,(H,20,23)/t18-/m1/s1. The van der Waals surface area contributed by atoms with Crippen molar-refractivity contribution in [3.63, 3.8) is 0 Å². The number of carbonyl (C=O) groups is 1. The third kappa shape index (κ3) is 4.71. The highest BCUT2D eigenvalue weighted by Gasteiger charge is 2.24. The summed E-state index contributed by atoms with van der Waals surface area (Å²) in [5, 5.41) is 3.24. The molecule has 2 amide bonds. The Morgan fingerprint density at radius 1 is 1.29 bits per heavy atom. The van der Waals surface area contributed by atoms with Crippen LogP contribution in [0.4, 0.5) is 4.79 Å². The first-order valence-electron chi connectivity index (χ1n) is 9.09. The lowest BCUT2D eigenvalue weighted by molar-refractivity contribution is 0.0337. The van der Waals surface area contributed by atoms with Crippen LogP contribution in [-0.4, -0.2) is 62.3 Å². The number of rotatable bonds is 6. The van der Waals surface area contributed by atoms with E-state index in [0.717, 1.165) is 45.0 Å². The largest absolute Gasteiger partial charge is 0.379 e. The fourth-order valence-electron chi connectivity index (χ4n) is 3.37. The van der Waals surface area contributed by atoms with Crippen LogP contribution in [-0.2, 0) is 4.74 Å². The molecule has 0 radical (unpaired) electrons. The maximum Gasteiger partial charge on any atom is 0.317 e. The minimum atomic E-state index is 0.0145. The van der Waals surface area contributed by atoms with E-state index in [4.69, 9.17) is 4.74 Å². The molecule has 1 aliphatic carbocycles. The molecule has 2 fully saturated rings. The summed E-state index contributed by atoms with van der Waals surface area (Å²) >= 11 is 0. The van der Waals surface area contributed by atoms with E-state index >= 15 is 0 Å². The van der Waals surface area contributed by atoms with E-state index < -0.39 is 0 Å². The summed E-state index contributed by atoms with van der Waals surface area (Å²) in [5.41, 5.74) is 1.16. The summed E-state index contributed by atoms with van der Waals surface area (Å²) in [7, 11) is 1.91. The summed E-state index contributed by atoms with van der Waals surface area (Å²) in [6.07, 6.45) is 3.82. The van der Waals surface area contributed by atoms with Gasteiger partial charge in [-0.2, -0.15) is 0 Å². The number of nitrogens with zero attached hydrogens (tertiary/aromatic N) is 2. The highest BCUT2D eigenvalue weighted by Crippen LogP contribution is 2.26. The molecule has 0 aromatic heterocycles.